The van der Waals surface area contributed by atoms with Crippen LogP contribution in [0.15, 0.2) is 37.1 Å². The first-order valence-electron chi connectivity index (χ1n) is 7.80. The van der Waals surface area contributed by atoms with Crippen molar-refractivity contribution in [3.05, 3.63) is 42.6 Å². The Morgan fingerprint density at radius 3 is 2.62 bits per heavy atom. The molecule has 0 saturated heterocycles. The van der Waals surface area contributed by atoms with Gasteiger partial charge >= 0.3 is 0 Å². The van der Waals surface area contributed by atoms with E-state index in [0.29, 0.717) is 13.0 Å². The Labute approximate surface area is 141 Å². The van der Waals surface area contributed by atoms with Crippen LogP contribution in [-0.2, 0) is 16.1 Å². The fraction of sp³-hybridized carbons (Fsp3) is 0.412. The van der Waals surface area contributed by atoms with Gasteiger partial charge in [0, 0.05) is 31.6 Å². The van der Waals surface area contributed by atoms with E-state index in [9.17, 15) is 9.59 Å². The molecule has 0 aromatic carbocycles. The fourth-order valence-electron chi connectivity index (χ4n) is 2.09. The van der Waals surface area contributed by atoms with Gasteiger partial charge in [-0.15, -0.1) is 0 Å². The van der Waals surface area contributed by atoms with E-state index in [1.54, 1.807) is 29.5 Å². The molecule has 0 bridgehead atoms. The molecule has 0 unspecified atom stereocenters. The highest BCUT2D eigenvalue weighted by atomic mass is 16.2. The van der Waals surface area contributed by atoms with E-state index in [0.717, 1.165) is 11.4 Å². The van der Waals surface area contributed by atoms with Crippen LogP contribution in [0.2, 0.25) is 0 Å². The molecule has 0 saturated carbocycles. The number of nitrogens with one attached hydrogen (secondary N) is 2. The second-order valence-corrected chi connectivity index (χ2v) is 6.78. The molecule has 7 heteroatoms. The Morgan fingerprint density at radius 2 is 1.96 bits per heavy atom. The van der Waals surface area contributed by atoms with Gasteiger partial charge in [0.2, 0.25) is 11.8 Å². The predicted molar refractivity (Wildman–Crippen MR) is 90.3 cm³/mol. The van der Waals surface area contributed by atoms with Gasteiger partial charge in [-0.25, -0.2) is 9.97 Å². The summed E-state index contributed by atoms with van der Waals surface area (Å²) in [6.45, 7) is 6.29. The molecule has 0 aliphatic carbocycles. The van der Waals surface area contributed by atoms with E-state index >= 15 is 0 Å². The Kier molecular flexibility index (Phi) is 5.68. The lowest BCUT2D eigenvalue weighted by atomic mass is 9.92. The molecule has 7 nitrogen and oxygen atoms in total. The third kappa shape index (κ3) is 5.83. The van der Waals surface area contributed by atoms with Crippen LogP contribution >= 0.6 is 0 Å². The molecule has 128 valence electrons. The molecule has 2 N–H and O–H groups in total. The van der Waals surface area contributed by atoms with Crippen LogP contribution in [0, 0.1) is 5.41 Å². The topological polar surface area (TPSA) is 88.9 Å². The Hall–Kier alpha value is -2.70. The summed E-state index contributed by atoms with van der Waals surface area (Å²) in [7, 11) is 0. The minimum absolute atomic E-state index is 0.0195. The van der Waals surface area contributed by atoms with Crippen molar-refractivity contribution < 1.29 is 9.59 Å². The first kappa shape index (κ1) is 17.7. The number of aromatic nitrogens is 3. The highest BCUT2D eigenvalue weighted by Crippen LogP contribution is 2.17. The van der Waals surface area contributed by atoms with Gasteiger partial charge in [0.15, 0.2) is 0 Å². The Bertz CT molecular complexity index is 689. The van der Waals surface area contributed by atoms with Crippen molar-refractivity contribution in [2.24, 2.45) is 5.41 Å². The van der Waals surface area contributed by atoms with Crippen molar-refractivity contribution in [2.45, 2.75) is 33.7 Å². The maximum atomic E-state index is 11.8. The summed E-state index contributed by atoms with van der Waals surface area (Å²) in [5.74, 6) is 0.389. The zero-order chi connectivity index (χ0) is 17.6. The van der Waals surface area contributed by atoms with Crippen molar-refractivity contribution in [3.8, 4) is 5.82 Å². The molecule has 0 aliphatic heterocycles. The molecule has 2 aromatic rings. The van der Waals surface area contributed by atoms with E-state index in [1.165, 1.54) is 0 Å². The first-order valence-corrected chi connectivity index (χ1v) is 7.80. The molecule has 0 aliphatic rings. The van der Waals surface area contributed by atoms with Crippen LogP contribution in [0.5, 0.6) is 0 Å². The summed E-state index contributed by atoms with van der Waals surface area (Å²) >= 11 is 0. The van der Waals surface area contributed by atoms with Crippen LogP contribution in [0.1, 0.15) is 32.8 Å². The van der Waals surface area contributed by atoms with Gasteiger partial charge in [-0.05, 0) is 23.1 Å². The van der Waals surface area contributed by atoms with Gasteiger partial charge in [-0.3, -0.25) is 14.2 Å². The number of imidazole rings is 1. The summed E-state index contributed by atoms with van der Waals surface area (Å²) in [4.78, 5) is 31.8. The molecule has 2 rings (SSSR count). The fourth-order valence-corrected chi connectivity index (χ4v) is 2.09. The van der Waals surface area contributed by atoms with Crippen LogP contribution < -0.4 is 10.6 Å². The lowest BCUT2D eigenvalue weighted by Gasteiger charge is -2.17. The van der Waals surface area contributed by atoms with Gasteiger partial charge in [0.05, 0.1) is 6.54 Å². The van der Waals surface area contributed by atoms with Crippen molar-refractivity contribution in [3.63, 3.8) is 0 Å². The van der Waals surface area contributed by atoms with E-state index in [-0.39, 0.29) is 23.8 Å². The number of rotatable bonds is 6. The average molecular weight is 329 g/mol. The monoisotopic (exact) mass is 329 g/mol. The van der Waals surface area contributed by atoms with Gasteiger partial charge < -0.3 is 10.6 Å². The zero-order valence-corrected chi connectivity index (χ0v) is 14.2. The minimum atomic E-state index is -0.224. The molecule has 2 aromatic heterocycles. The Morgan fingerprint density at radius 1 is 1.17 bits per heavy atom. The summed E-state index contributed by atoms with van der Waals surface area (Å²) in [6, 6.07) is 3.71. The number of pyridine rings is 1. The highest BCUT2D eigenvalue weighted by molar-refractivity contribution is 5.84. The Balaban J connectivity index is 1.80. The molecule has 24 heavy (non-hydrogen) atoms. The molecule has 0 spiro atoms. The van der Waals surface area contributed by atoms with Crippen LogP contribution in [-0.4, -0.2) is 32.9 Å². The normalized spacial score (nSPS) is 11.1. The average Bonchev–Trinajstić information content (AvgIpc) is 3.04. The summed E-state index contributed by atoms with van der Waals surface area (Å²) in [5, 5.41) is 5.42. The highest BCUT2D eigenvalue weighted by Gasteiger charge is 2.16. The standard InChI is InChI=1S/C17H23N5O2/c1-17(2,3)9-15(23)21-11-16(24)20-10-13-4-5-19-14(8-13)22-7-6-18-12-22/h4-8,12H,9-11H2,1-3H3,(H,20,24)(H,21,23). The molecule has 2 heterocycles. The smallest absolute Gasteiger partial charge is 0.239 e. The number of hydrogen-bond donors (Lipinski definition) is 2. The lowest BCUT2D eigenvalue weighted by Crippen LogP contribution is -2.37. The summed E-state index contributed by atoms with van der Waals surface area (Å²) in [5.41, 5.74) is 0.824. The van der Waals surface area contributed by atoms with Gasteiger partial charge in [-0.1, -0.05) is 20.8 Å². The number of nitrogens with zero attached hydrogens (tertiary/aromatic N) is 3. The maximum absolute atomic E-state index is 11.8. The number of carbonyl (C=O) groups is 2. The van der Waals surface area contributed by atoms with Crippen molar-refractivity contribution in [2.75, 3.05) is 6.54 Å². The molecular formula is C17H23N5O2. The number of hydrogen-bond acceptors (Lipinski definition) is 4. The second-order valence-electron chi connectivity index (χ2n) is 6.78. The summed E-state index contributed by atoms with van der Waals surface area (Å²) < 4.78 is 1.79. The quantitative estimate of drug-likeness (QED) is 0.839. The van der Waals surface area contributed by atoms with Crippen molar-refractivity contribution in [1.82, 2.24) is 25.2 Å². The molecule has 2 amide bonds. The third-order valence-electron chi connectivity index (χ3n) is 3.21. The van der Waals surface area contributed by atoms with Crippen molar-refractivity contribution >= 4 is 11.8 Å². The van der Waals surface area contributed by atoms with Gasteiger partial charge in [0.1, 0.15) is 12.1 Å². The van der Waals surface area contributed by atoms with E-state index in [1.807, 2.05) is 32.9 Å². The van der Waals surface area contributed by atoms with E-state index < -0.39 is 0 Å². The SMILES string of the molecule is CC(C)(C)CC(=O)NCC(=O)NCc1ccnc(-n2ccnc2)c1. The molecule has 0 fully saturated rings. The number of amides is 2. The van der Waals surface area contributed by atoms with Crippen LogP contribution in [0.25, 0.3) is 5.82 Å². The lowest BCUT2D eigenvalue weighted by molar-refractivity contribution is -0.127. The third-order valence-corrected chi connectivity index (χ3v) is 3.21. The maximum Gasteiger partial charge on any atom is 0.239 e. The van der Waals surface area contributed by atoms with Gasteiger partial charge in [-0.2, -0.15) is 0 Å². The van der Waals surface area contributed by atoms with Crippen LogP contribution in [0.3, 0.4) is 0 Å². The first-order chi connectivity index (χ1) is 11.3. The van der Waals surface area contributed by atoms with Gasteiger partial charge in [0.25, 0.3) is 0 Å². The minimum Gasteiger partial charge on any atom is -0.350 e. The zero-order valence-electron chi connectivity index (χ0n) is 14.2. The molecular weight excluding hydrogens is 306 g/mol. The van der Waals surface area contributed by atoms with Crippen molar-refractivity contribution in [1.29, 1.82) is 0 Å². The largest absolute Gasteiger partial charge is 0.350 e. The van der Waals surface area contributed by atoms with E-state index in [2.05, 4.69) is 20.6 Å². The number of carbonyl (C=O) groups excluding carboxylic acids is 2. The summed E-state index contributed by atoms with van der Waals surface area (Å²) in [6.07, 6.45) is 7.21. The van der Waals surface area contributed by atoms with Crippen LogP contribution in [0.4, 0.5) is 0 Å². The molecule has 0 radical (unpaired) electrons. The molecule has 0 atom stereocenters. The second kappa shape index (κ2) is 7.72. The van der Waals surface area contributed by atoms with E-state index in [4.69, 9.17) is 0 Å². The predicted octanol–water partition coefficient (Wildman–Crippen LogP) is 1.44.